The highest BCUT2D eigenvalue weighted by atomic mass is 19.3. The van der Waals surface area contributed by atoms with E-state index in [1.54, 1.807) is 0 Å². The molecule has 0 aliphatic heterocycles. The van der Waals surface area contributed by atoms with Gasteiger partial charge in [-0.25, -0.2) is 0 Å². The van der Waals surface area contributed by atoms with Crippen molar-refractivity contribution in [2.45, 2.75) is 30.5 Å². The van der Waals surface area contributed by atoms with Gasteiger partial charge < -0.3 is 15.3 Å². The number of alkyl halides is 2. The van der Waals surface area contributed by atoms with Gasteiger partial charge in [0.1, 0.15) is 5.60 Å². The summed E-state index contributed by atoms with van der Waals surface area (Å²) in [5.41, 5.74) is -4.81. The number of aliphatic hydroxyl groups is 3. The maximum absolute atomic E-state index is 13.1. The Labute approximate surface area is 74.3 Å². The van der Waals surface area contributed by atoms with Gasteiger partial charge >= 0.3 is 0 Å². The lowest BCUT2D eigenvalue weighted by Gasteiger charge is -2.45. The standard InChI is InChI=1S/C8H12F2O3/c1-6(12)3-2-4-8(9,10)7(6,13)5-11/h2,4,11-13H,3,5H2,1H3/t6-,7+/m0/s1. The summed E-state index contributed by atoms with van der Waals surface area (Å²) in [7, 11) is 0. The van der Waals surface area contributed by atoms with Crippen LogP contribution in [0.4, 0.5) is 8.78 Å². The minimum atomic E-state index is -3.61. The third kappa shape index (κ3) is 1.27. The Kier molecular flexibility index (Phi) is 2.22. The molecule has 0 aromatic heterocycles. The maximum atomic E-state index is 13.1. The Morgan fingerprint density at radius 3 is 2.23 bits per heavy atom. The average molecular weight is 194 g/mol. The monoisotopic (exact) mass is 194 g/mol. The van der Waals surface area contributed by atoms with Crippen LogP contribution in [0, 0.1) is 0 Å². The lowest BCUT2D eigenvalue weighted by Crippen LogP contribution is -2.66. The number of aliphatic hydroxyl groups excluding tert-OH is 1. The van der Waals surface area contributed by atoms with E-state index in [2.05, 4.69) is 0 Å². The van der Waals surface area contributed by atoms with Gasteiger partial charge in [0.25, 0.3) is 5.92 Å². The summed E-state index contributed by atoms with van der Waals surface area (Å²) in [6, 6.07) is 0. The number of halogens is 2. The van der Waals surface area contributed by atoms with Crippen LogP contribution < -0.4 is 0 Å². The Hall–Kier alpha value is -0.520. The first-order chi connectivity index (χ1) is 5.77. The number of hydrogen-bond donors (Lipinski definition) is 3. The van der Waals surface area contributed by atoms with Crippen LogP contribution in [0.5, 0.6) is 0 Å². The number of rotatable bonds is 1. The quantitative estimate of drug-likeness (QED) is 0.517. The summed E-state index contributed by atoms with van der Waals surface area (Å²) >= 11 is 0. The summed E-state index contributed by atoms with van der Waals surface area (Å²) in [5, 5.41) is 27.6. The molecule has 0 saturated carbocycles. The van der Waals surface area contributed by atoms with Gasteiger partial charge in [0.05, 0.1) is 6.61 Å². The second-order valence-corrected chi connectivity index (χ2v) is 3.52. The zero-order valence-corrected chi connectivity index (χ0v) is 7.17. The molecule has 3 nitrogen and oxygen atoms in total. The fourth-order valence-electron chi connectivity index (χ4n) is 1.38. The van der Waals surface area contributed by atoms with E-state index >= 15 is 0 Å². The average Bonchev–Trinajstić information content (AvgIpc) is 1.99. The zero-order valence-electron chi connectivity index (χ0n) is 7.17. The van der Waals surface area contributed by atoms with E-state index in [-0.39, 0.29) is 6.42 Å². The summed E-state index contributed by atoms with van der Waals surface area (Å²) in [6.07, 6.45) is 1.48. The molecule has 76 valence electrons. The molecule has 0 heterocycles. The first kappa shape index (κ1) is 10.6. The molecule has 0 amide bonds. The SMILES string of the molecule is C[C@]1(O)CC=CC(F)(F)[C@@]1(O)CO. The minimum absolute atomic E-state index is 0.111. The van der Waals surface area contributed by atoms with Crippen LogP contribution in [0.1, 0.15) is 13.3 Å². The molecular weight excluding hydrogens is 182 g/mol. The highest BCUT2D eigenvalue weighted by Crippen LogP contribution is 2.43. The number of hydrogen-bond acceptors (Lipinski definition) is 3. The summed E-state index contributed by atoms with van der Waals surface area (Å²) in [6.45, 7) is -0.113. The van der Waals surface area contributed by atoms with Crippen molar-refractivity contribution in [1.82, 2.24) is 0 Å². The topological polar surface area (TPSA) is 60.7 Å². The molecule has 0 radical (unpaired) electrons. The minimum Gasteiger partial charge on any atom is -0.393 e. The van der Waals surface area contributed by atoms with E-state index in [0.29, 0.717) is 6.08 Å². The lowest BCUT2D eigenvalue weighted by atomic mass is 9.74. The molecule has 0 unspecified atom stereocenters. The molecule has 3 N–H and O–H groups in total. The second kappa shape index (κ2) is 2.73. The van der Waals surface area contributed by atoms with Gasteiger partial charge in [-0.2, -0.15) is 8.78 Å². The van der Waals surface area contributed by atoms with Crippen molar-refractivity contribution < 1.29 is 24.1 Å². The molecule has 0 bridgehead atoms. The molecule has 0 saturated heterocycles. The molecule has 0 fully saturated rings. The molecule has 0 aromatic rings. The van der Waals surface area contributed by atoms with Gasteiger partial charge in [-0.1, -0.05) is 6.08 Å². The largest absolute Gasteiger partial charge is 0.393 e. The van der Waals surface area contributed by atoms with Crippen molar-refractivity contribution in [2.24, 2.45) is 0 Å². The van der Waals surface area contributed by atoms with E-state index in [0.717, 1.165) is 13.0 Å². The third-order valence-corrected chi connectivity index (χ3v) is 2.51. The van der Waals surface area contributed by atoms with E-state index in [9.17, 15) is 19.0 Å². The van der Waals surface area contributed by atoms with Crippen molar-refractivity contribution in [3.8, 4) is 0 Å². The van der Waals surface area contributed by atoms with Gasteiger partial charge in [-0.05, 0) is 19.4 Å². The highest BCUT2D eigenvalue weighted by Gasteiger charge is 2.62. The Morgan fingerprint density at radius 1 is 1.38 bits per heavy atom. The molecule has 13 heavy (non-hydrogen) atoms. The van der Waals surface area contributed by atoms with Crippen LogP contribution in [0.15, 0.2) is 12.2 Å². The lowest BCUT2D eigenvalue weighted by molar-refractivity contribution is -0.259. The fourth-order valence-corrected chi connectivity index (χ4v) is 1.38. The smallest absolute Gasteiger partial charge is 0.299 e. The summed E-state index contributed by atoms with van der Waals surface area (Å²) in [5.74, 6) is -3.61. The van der Waals surface area contributed by atoms with Crippen molar-refractivity contribution in [2.75, 3.05) is 6.61 Å². The van der Waals surface area contributed by atoms with Crippen LogP contribution in [-0.4, -0.2) is 39.1 Å². The maximum Gasteiger partial charge on any atom is 0.299 e. The van der Waals surface area contributed by atoms with Crippen molar-refractivity contribution in [3.63, 3.8) is 0 Å². The van der Waals surface area contributed by atoms with Crippen molar-refractivity contribution in [1.29, 1.82) is 0 Å². The summed E-state index contributed by atoms with van der Waals surface area (Å²) in [4.78, 5) is 0. The van der Waals surface area contributed by atoms with Crippen LogP contribution in [0.2, 0.25) is 0 Å². The van der Waals surface area contributed by atoms with E-state index < -0.39 is 23.7 Å². The molecule has 0 spiro atoms. The third-order valence-electron chi connectivity index (χ3n) is 2.51. The van der Waals surface area contributed by atoms with Gasteiger partial charge in [0, 0.05) is 0 Å². The molecule has 1 aliphatic carbocycles. The van der Waals surface area contributed by atoms with E-state index in [1.807, 2.05) is 0 Å². The van der Waals surface area contributed by atoms with Gasteiger partial charge in [-0.3, -0.25) is 0 Å². The zero-order chi connectivity index (χ0) is 10.3. The molecule has 5 heteroatoms. The molecule has 2 atom stereocenters. The normalized spacial score (nSPS) is 43.5. The highest BCUT2D eigenvalue weighted by molar-refractivity contribution is 5.20. The van der Waals surface area contributed by atoms with E-state index in [1.165, 1.54) is 0 Å². The second-order valence-electron chi connectivity index (χ2n) is 3.52. The fraction of sp³-hybridized carbons (Fsp3) is 0.750. The molecular formula is C8H12F2O3. The van der Waals surface area contributed by atoms with Crippen LogP contribution in [-0.2, 0) is 0 Å². The van der Waals surface area contributed by atoms with Gasteiger partial charge in [-0.15, -0.1) is 0 Å². The van der Waals surface area contributed by atoms with Crippen molar-refractivity contribution >= 4 is 0 Å². The molecule has 0 aromatic carbocycles. The predicted molar refractivity (Wildman–Crippen MR) is 41.4 cm³/mol. The van der Waals surface area contributed by atoms with Gasteiger partial charge in [0.15, 0.2) is 5.60 Å². The predicted octanol–water partition coefficient (Wildman–Crippen LogP) is 0.0560. The first-order valence-electron chi connectivity index (χ1n) is 3.88. The Balaban J connectivity index is 3.17. The molecule has 1 aliphatic rings. The van der Waals surface area contributed by atoms with Crippen LogP contribution in [0.25, 0.3) is 0 Å². The van der Waals surface area contributed by atoms with Gasteiger partial charge in [0.2, 0.25) is 0 Å². The summed E-state index contributed by atoms with van der Waals surface area (Å²) < 4.78 is 26.2. The first-order valence-corrected chi connectivity index (χ1v) is 3.88. The van der Waals surface area contributed by atoms with E-state index in [4.69, 9.17) is 5.11 Å². The van der Waals surface area contributed by atoms with Crippen LogP contribution in [0.3, 0.4) is 0 Å². The van der Waals surface area contributed by atoms with Crippen molar-refractivity contribution in [3.05, 3.63) is 12.2 Å². The molecule has 1 rings (SSSR count). The Bertz CT molecular complexity index is 238. The Morgan fingerprint density at radius 2 is 1.92 bits per heavy atom. The van der Waals surface area contributed by atoms with Crippen LogP contribution >= 0.6 is 0 Å².